The highest BCUT2D eigenvalue weighted by Gasteiger charge is 2.16. The smallest absolute Gasteiger partial charge is 0.251 e. The van der Waals surface area contributed by atoms with E-state index in [1.54, 1.807) is 0 Å². The van der Waals surface area contributed by atoms with Crippen LogP contribution in [0.4, 0.5) is 0 Å². The van der Waals surface area contributed by atoms with E-state index in [9.17, 15) is 13.2 Å². The van der Waals surface area contributed by atoms with Gasteiger partial charge in [0, 0.05) is 29.6 Å². The molecule has 8 heteroatoms. The molecule has 0 bridgehead atoms. The number of amides is 1. The minimum Gasteiger partial charge on any atom is -0.348 e. The van der Waals surface area contributed by atoms with Crippen LogP contribution in [0.15, 0.2) is 46.7 Å². The van der Waals surface area contributed by atoms with Crippen LogP contribution in [0.25, 0.3) is 0 Å². The van der Waals surface area contributed by atoms with Crippen molar-refractivity contribution in [3.8, 4) is 0 Å². The first-order valence-electron chi connectivity index (χ1n) is 8.59. The second kappa shape index (κ2) is 9.82. The summed E-state index contributed by atoms with van der Waals surface area (Å²) in [7, 11) is -3.61. The van der Waals surface area contributed by atoms with Gasteiger partial charge in [0.1, 0.15) is 0 Å². The quantitative estimate of drug-likeness (QED) is 0.575. The number of thiophene rings is 1. The van der Waals surface area contributed by atoms with Crippen LogP contribution in [0.1, 0.15) is 41.4 Å². The average molecular weight is 396 g/mol. The Hall–Kier alpha value is -1.74. The zero-order valence-corrected chi connectivity index (χ0v) is 16.4. The van der Waals surface area contributed by atoms with Gasteiger partial charge < -0.3 is 11.1 Å². The normalized spacial score (nSPS) is 12.7. The number of nitrogens with one attached hydrogen (secondary N) is 2. The lowest BCUT2D eigenvalue weighted by Gasteiger charge is -2.16. The monoisotopic (exact) mass is 395 g/mol. The lowest BCUT2D eigenvalue weighted by molar-refractivity contribution is 0.0935. The number of benzene rings is 1. The number of nitrogens with two attached hydrogens (primary N) is 1. The molecule has 0 saturated carbocycles. The van der Waals surface area contributed by atoms with Crippen LogP contribution in [-0.2, 0) is 16.6 Å². The maximum Gasteiger partial charge on any atom is 0.251 e. The van der Waals surface area contributed by atoms with E-state index >= 15 is 0 Å². The van der Waals surface area contributed by atoms with Gasteiger partial charge in [-0.15, -0.1) is 11.3 Å². The molecule has 4 N–H and O–H groups in total. The highest BCUT2D eigenvalue weighted by Crippen LogP contribution is 2.13. The molecular formula is C18H25N3O3S2. The van der Waals surface area contributed by atoms with Gasteiger partial charge in [0.25, 0.3) is 5.91 Å². The summed E-state index contributed by atoms with van der Waals surface area (Å²) in [5, 5.41) is 4.79. The van der Waals surface area contributed by atoms with Crippen molar-refractivity contribution in [3.63, 3.8) is 0 Å². The van der Waals surface area contributed by atoms with Gasteiger partial charge in [0.15, 0.2) is 0 Å². The molecule has 2 rings (SSSR count). The van der Waals surface area contributed by atoms with Gasteiger partial charge in [-0.1, -0.05) is 25.8 Å². The zero-order valence-electron chi connectivity index (χ0n) is 14.8. The predicted molar refractivity (Wildman–Crippen MR) is 105 cm³/mol. The molecule has 0 saturated heterocycles. The van der Waals surface area contributed by atoms with E-state index in [-0.39, 0.29) is 23.4 Å². The fourth-order valence-electron chi connectivity index (χ4n) is 2.42. The van der Waals surface area contributed by atoms with Gasteiger partial charge in [-0.25, -0.2) is 13.1 Å². The van der Waals surface area contributed by atoms with Gasteiger partial charge in [0.2, 0.25) is 10.0 Å². The van der Waals surface area contributed by atoms with Gasteiger partial charge in [-0.3, -0.25) is 4.79 Å². The molecule has 1 atom stereocenters. The van der Waals surface area contributed by atoms with Gasteiger partial charge >= 0.3 is 0 Å². The summed E-state index contributed by atoms with van der Waals surface area (Å²) in [6.45, 7) is 2.71. The summed E-state index contributed by atoms with van der Waals surface area (Å²) in [4.78, 5) is 13.4. The van der Waals surface area contributed by atoms with E-state index in [2.05, 4.69) is 17.0 Å². The molecular weight excluding hydrogens is 370 g/mol. The number of carbonyl (C=O) groups excluding carboxylic acids is 1. The van der Waals surface area contributed by atoms with E-state index in [0.29, 0.717) is 12.1 Å². The summed E-state index contributed by atoms with van der Waals surface area (Å²) in [5.41, 5.74) is 6.11. The molecule has 1 amide bonds. The summed E-state index contributed by atoms with van der Waals surface area (Å²) in [6.07, 6.45) is 2.87. The zero-order chi connectivity index (χ0) is 19.0. The molecule has 0 radical (unpaired) electrons. The van der Waals surface area contributed by atoms with Crippen molar-refractivity contribution in [2.24, 2.45) is 5.73 Å². The molecule has 1 heterocycles. The minimum atomic E-state index is -3.61. The molecule has 6 nitrogen and oxygen atoms in total. The van der Waals surface area contributed by atoms with Crippen molar-refractivity contribution in [2.75, 3.05) is 6.54 Å². The third-order valence-electron chi connectivity index (χ3n) is 3.97. The number of hydrogen-bond acceptors (Lipinski definition) is 5. The van der Waals surface area contributed by atoms with E-state index in [1.807, 2.05) is 17.5 Å². The molecule has 0 spiro atoms. The van der Waals surface area contributed by atoms with Crippen LogP contribution in [0.2, 0.25) is 0 Å². The largest absolute Gasteiger partial charge is 0.348 e. The molecule has 0 aliphatic rings. The first-order valence-corrected chi connectivity index (χ1v) is 11.0. The second-order valence-corrected chi connectivity index (χ2v) is 8.78. The molecule has 142 valence electrons. The molecule has 1 unspecified atom stereocenters. The summed E-state index contributed by atoms with van der Waals surface area (Å²) >= 11 is 1.49. The molecule has 0 aliphatic heterocycles. The number of unbranched alkanes of at least 4 members (excludes halogenated alkanes) is 1. The summed E-state index contributed by atoms with van der Waals surface area (Å²) in [5.74, 6) is -0.243. The van der Waals surface area contributed by atoms with Crippen LogP contribution in [0.3, 0.4) is 0 Å². The number of carbonyl (C=O) groups is 1. The maximum absolute atomic E-state index is 12.3. The molecule has 1 aromatic heterocycles. The topological polar surface area (TPSA) is 101 Å². The van der Waals surface area contributed by atoms with E-state index in [4.69, 9.17) is 5.73 Å². The molecule has 0 aliphatic carbocycles. The van der Waals surface area contributed by atoms with Crippen LogP contribution in [0.5, 0.6) is 0 Å². The van der Waals surface area contributed by atoms with Crippen molar-refractivity contribution in [2.45, 2.75) is 43.7 Å². The standard InChI is InChI=1S/C18H25N3O3S2/c1-2-3-5-15(12-19)21-18(22)14-7-9-17(10-8-14)26(23,24)20-13-16-6-4-11-25-16/h4,6-11,15,20H,2-3,5,12-13,19H2,1H3,(H,21,22). The fraction of sp³-hybridized carbons (Fsp3) is 0.389. The fourth-order valence-corrected chi connectivity index (χ4v) is 4.16. The molecule has 2 aromatic rings. The Morgan fingerprint density at radius 1 is 1.23 bits per heavy atom. The third kappa shape index (κ3) is 5.91. The average Bonchev–Trinajstić information content (AvgIpc) is 3.17. The second-order valence-electron chi connectivity index (χ2n) is 5.98. The Labute approximate surface area is 158 Å². The Kier molecular flexibility index (Phi) is 7.77. The number of sulfonamides is 1. The van der Waals surface area contributed by atoms with Crippen molar-refractivity contribution in [1.29, 1.82) is 0 Å². The number of rotatable bonds is 10. The Morgan fingerprint density at radius 3 is 2.54 bits per heavy atom. The van der Waals surface area contributed by atoms with Crippen molar-refractivity contribution >= 4 is 27.3 Å². The van der Waals surface area contributed by atoms with Crippen LogP contribution >= 0.6 is 11.3 Å². The van der Waals surface area contributed by atoms with E-state index < -0.39 is 10.0 Å². The van der Waals surface area contributed by atoms with Crippen LogP contribution < -0.4 is 15.8 Å². The van der Waals surface area contributed by atoms with Crippen LogP contribution in [-0.4, -0.2) is 26.9 Å². The number of hydrogen-bond donors (Lipinski definition) is 3. The lowest BCUT2D eigenvalue weighted by Crippen LogP contribution is -2.40. The van der Waals surface area contributed by atoms with Crippen molar-refractivity contribution < 1.29 is 13.2 Å². The summed E-state index contributed by atoms with van der Waals surface area (Å²) in [6, 6.07) is 9.58. The Bertz CT molecular complexity index is 788. The molecule has 26 heavy (non-hydrogen) atoms. The van der Waals surface area contributed by atoms with E-state index in [1.165, 1.54) is 35.6 Å². The SMILES string of the molecule is CCCCC(CN)NC(=O)c1ccc(S(=O)(=O)NCc2cccs2)cc1. The van der Waals surface area contributed by atoms with Gasteiger partial charge in [-0.2, -0.15) is 0 Å². The van der Waals surface area contributed by atoms with Gasteiger partial charge in [0.05, 0.1) is 4.90 Å². The molecule has 1 aromatic carbocycles. The predicted octanol–water partition coefficient (Wildman–Crippen LogP) is 2.47. The van der Waals surface area contributed by atoms with Gasteiger partial charge in [-0.05, 0) is 42.1 Å². The third-order valence-corrected chi connectivity index (χ3v) is 6.26. The van der Waals surface area contributed by atoms with Crippen molar-refractivity contribution in [1.82, 2.24) is 10.0 Å². The van der Waals surface area contributed by atoms with E-state index in [0.717, 1.165) is 24.1 Å². The first-order chi connectivity index (χ1) is 12.5. The van der Waals surface area contributed by atoms with Crippen LogP contribution in [0, 0.1) is 0 Å². The first kappa shape index (κ1) is 20.6. The summed E-state index contributed by atoms with van der Waals surface area (Å²) < 4.78 is 27.2. The van der Waals surface area contributed by atoms with Crippen molar-refractivity contribution in [3.05, 3.63) is 52.2 Å². The highest BCUT2D eigenvalue weighted by atomic mass is 32.2. The highest BCUT2D eigenvalue weighted by molar-refractivity contribution is 7.89. The Morgan fingerprint density at radius 2 is 1.96 bits per heavy atom. The maximum atomic E-state index is 12.3. The minimum absolute atomic E-state index is 0.0710. The Balaban J connectivity index is 1.98. The molecule has 0 fully saturated rings. The lowest BCUT2D eigenvalue weighted by atomic mass is 10.1.